The minimum atomic E-state index is -0.0164. The molecule has 0 aromatic carbocycles. The number of anilines is 1. The zero-order chi connectivity index (χ0) is 17.3. The van der Waals surface area contributed by atoms with Gasteiger partial charge < -0.3 is 10.2 Å². The van der Waals surface area contributed by atoms with Crippen LogP contribution in [0.5, 0.6) is 0 Å². The third kappa shape index (κ3) is 2.98. The highest BCUT2D eigenvalue weighted by molar-refractivity contribution is 6.06. The highest BCUT2D eigenvalue weighted by Crippen LogP contribution is 2.28. The Bertz CT molecular complexity index is 775. The van der Waals surface area contributed by atoms with Crippen molar-refractivity contribution in [3.05, 3.63) is 18.0 Å². The SMILES string of the molecule is CCn1ncc2c(NC3CCN(C(C)=O)CC3)c(C(C)=O)cnc21. The van der Waals surface area contributed by atoms with Crippen LogP contribution >= 0.6 is 0 Å². The van der Waals surface area contributed by atoms with Gasteiger partial charge in [0.2, 0.25) is 5.91 Å². The van der Waals surface area contributed by atoms with Crippen molar-refractivity contribution in [1.82, 2.24) is 19.7 Å². The van der Waals surface area contributed by atoms with Gasteiger partial charge in [0.1, 0.15) is 0 Å². The van der Waals surface area contributed by atoms with E-state index in [4.69, 9.17) is 0 Å². The molecule has 0 radical (unpaired) electrons. The number of fused-ring (bicyclic) bond motifs is 1. The van der Waals surface area contributed by atoms with Gasteiger partial charge in [-0.2, -0.15) is 5.10 Å². The van der Waals surface area contributed by atoms with E-state index in [1.54, 1.807) is 26.2 Å². The third-order valence-corrected chi connectivity index (χ3v) is 4.63. The number of nitrogens with zero attached hydrogens (tertiary/aromatic N) is 4. The zero-order valence-corrected chi connectivity index (χ0v) is 14.4. The summed E-state index contributed by atoms with van der Waals surface area (Å²) in [6.45, 7) is 7.38. The number of Topliss-reactive ketones (excluding diaryl/α,β-unsaturated/α-hetero) is 1. The second-order valence-corrected chi connectivity index (χ2v) is 6.23. The number of rotatable bonds is 4. The van der Waals surface area contributed by atoms with Crippen molar-refractivity contribution in [2.24, 2.45) is 0 Å². The lowest BCUT2D eigenvalue weighted by Gasteiger charge is -2.32. The number of amides is 1. The lowest BCUT2D eigenvalue weighted by Crippen LogP contribution is -2.41. The van der Waals surface area contributed by atoms with E-state index in [1.807, 2.05) is 16.5 Å². The first-order chi connectivity index (χ1) is 11.5. The fourth-order valence-corrected chi connectivity index (χ4v) is 3.22. The van der Waals surface area contributed by atoms with Crippen LogP contribution in [0.3, 0.4) is 0 Å². The molecule has 7 heteroatoms. The number of aryl methyl sites for hydroxylation is 1. The number of carbonyl (C=O) groups excluding carboxylic acids is 2. The highest BCUT2D eigenvalue weighted by Gasteiger charge is 2.23. The van der Waals surface area contributed by atoms with Crippen molar-refractivity contribution in [1.29, 1.82) is 0 Å². The summed E-state index contributed by atoms with van der Waals surface area (Å²) in [6, 6.07) is 0.231. The summed E-state index contributed by atoms with van der Waals surface area (Å²) in [7, 11) is 0. The first kappa shape index (κ1) is 16.4. The zero-order valence-electron chi connectivity index (χ0n) is 14.4. The van der Waals surface area contributed by atoms with Crippen LogP contribution in [-0.4, -0.2) is 50.5 Å². The molecule has 0 atom stereocenters. The molecule has 0 bridgehead atoms. The summed E-state index contributed by atoms with van der Waals surface area (Å²) in [5, 5.41) is 8.75. The Hall–Kier alpha value is -2.44. The summed E-state index contributed by atoms with van der Waals surface area (Å²) in [5.74, 6) is 0.103. The second-order valence-electron chi connectivity index (χ2n) is 6.23. The average Bonchev–Trinajstić information content (AvgIpc) is 2.99. The fraction of sp³-hybridized carbons (Fsp3) is 0.529. The van der Waals surface area contributed by atoms with E-state index in [0.717, 1.165) is 49.2 Å². The predicted molar refractivity (Wildman–Crippen MR) is 92.1 cm³/mol. The first-order valence-electron chi connectivity index (χ1n) is 8.38. The van der Waals surface area contributed by atoms with Crippen molar-refractivity contribution in [3.63, 3.8) is 0 Å². The molecular weight excluding hydrogens is 306 g/mol. The maximum Gasteiger partial charge on any atom is 0.219 e. The van der Waals surface area contributed by atoms with Crippen molar-refractivity contribution >= 4 is 28.4 Å². The molecule has 0 aliphatic carbocycles. The van der Waals surface area contributed by atoms with Crippen LogP contribution in [-0.2, 0) is 11.3 Å². The van der Waals surface area contributed by atoms with Crippen LogP contribution in [0.15, 0.2) is 12.4 Å². The molecule has 1 fully saturated rings. The molecule has 24 heavy (non-hydrogen) atoms. The third-order valence-electron chi connectivity index (χ3n) is 4.63. The Labute approximate surface area is 141 Å². The van der Waals surface area contributed by atoms with Gasteiger partial charge >= 0.3 is 0 Å². The molecule has 128 valence electrons. The lowest BCUT2D eigenvalue weighted by atomic mass is 10.0. The molecule has 0 unspecified atom stereocenters. The van der Waals surface area contributed by atoms with E-state index in [0.29, 0.717) is 5.56 Å². The molecule has 0 spiro atoms. The Morgan fingerprint density at radius 3 is 2.54 bits per heavy atom. The second kappa shape index (κ2) is 6.59. The highest BCUT2D eigenvalue weighted by atomic mass is 16.2. The van der Waals surface area contributed by atoms with Gasteiger partial charge in [-0.25, -0.2) is 9.67 Å². The molecule has 3 rings (SSSR count). The molecule has 0 saturated carbocycles. The number of piperidine rings is 1. The monoisotopic (exact) mass is 329 g/mol. The standard InChI is InChI=1S/C17H23N5O2/c1-4-22-17-15(10-19-22)16(14(9-18-17)11(2)23)20-13-5-7-21(8-6-13)12(3)24/h9-10,13H,4-8H2,1-3H3,(H,18,20). The van der Waals surface area contributed by atoms with Crippen LogP contribution in [0.25, 0.3) is 11.0 Å². The molecule has 1 N–H and O–H groups in total. The Balaban J connectivity index is 1.90. The summed E-state index contributed by atoms with van der Waals surface area (Å²) in [6.07, 6.45) is 5.13. The summed E-state index contributed by atoms with van der Waals surface area (Å²) >= 11 is 0. The van der Waals surface area contributed by atoms with Gasteiger partial charge in [-0.3, -0.25) is 9.59 Å². The molecule has 2 aromatic heterocycles. The molecule has 1 amide bonds. The van der Waals surface area contributed by atoms with Gasteiger partial charge in [-0.15, -0.1) is 0 Å². The quantitative estimate of drug-likeness (QED) is 0.869. The molecular formula is C17H23N5O2. The Morgan fingerprint density at radius 2 is 1.96 bits per heavy atom. The van der Waals surface area contributed by atoms with Crippen molar-refractivity contribution < 1.29 is 9.59 Å². The van der Waals surface area contributed by atoms with Crippen LogP contribution in [0, 0.1) is 0 Å². The van der Waals surface area contributed by atoms with Crippen molar-refractivity contribution in [3.8, 4) is 0 Å². The number of aromatic nitrogens is 3. The van der Waals surface area contributed by atoms with E-state index >= 15 is 0 Å². The van der Waals surface area contributed by atoms with E-state index in [-0.39, 0.29) is 17.7 Å². The molecule has 3 heterocycles. The maximum atomic E-state index is 12.0. The number of carbonyl (C=O) groups is 2. The number of nitrogens with one attached hydrogen (secondary N) is 1. The van der Waals surface area contributed by atoms with Crippen LogP contribution < -0.4 is 5.32 Å². The number of likely N-dealkylation sites (tertiary alicyclic amines) is 1. The number of ketones is 1. The molecule has 1 saturated heterocycles. The van der Waals surface area contributed by atoms with Crippen molar-refractivity contribution in [2.75, 3.05) is 18.4 Å². The van der Waals surface area contributed by atoms with E-state index in [9.17, 15) is 9.59 Å². The van der Waals surface area contributed by atoms with Crippen LogP contribution in [0.4, 0.5) is 5.69 Å². The van der Waals surface area contributed by atoms with Gasteiger partial charge in [0.15, 0.2) is 11.4 Å². The minimum absolute atomic E-state index is 0.0164. The smallest absolute Gasteiger partial charge is 0.219 e. The van der Waals surface area contributed by atoms with Gasteiger partial charge in [0, 0.05) is 38.8 Å². The van der Waals surface area contributed by atoms with Gasteiger partial charge in [0.05, 0.1) is 22.8 Å². The largest absolute Gasteiger partial charge is 0.381 e. The van der Waals surface area contributed by atoms with E-state index in [2.05, 4.69) is 15.4 Å². The molecule has 1 aliphatic rings. The topological polar surface area (TPSA) is 80.1 Å². The van der Waals surface area contributed by atoms with E-state index in [1.165, 1.54) is 0 Å². The molecule has 7 nitrogen and oxygen atoms in total. The number of hydrogen-bond donors (Lipinski definition) is 1. The first-order valence-corrected chi connectivity index (χ1v) is 8.38. The fourth-order valence-electron chi connectivity index (χ4n) is 3.22. The Kier molecular flexibility index (Phi) is 4.51. The molecule has 2 aromatic rings. The van der Waals surface area contributed by atoms with Gasteiger partial charge in [-0.05, 0) is 26.7 Å². The summed E-state index contributed by atoms with van der Waals surface area (Å²) in [5.41, 5.74) is 2.19. The normalized spacial score (nSPS) is 15.7. The van der Waals surface area contributed by atoms with E-state index < -0.39 is 0 Å². The Morgan fingerprint density at radius 1 is 1.25 bits per heavy atom. The number of hydrogen-bond acceptors (Lipinski definition) is 5. The number of pyridine rings is 1. The summed E-state index contributed by atoms with van der Waals surface area (Å²) in [4.78, 5) is 29.7. The predicted octanol–water partition coefficient (Wildman–Crippen LogP) is 2.08. The van der Waals surface area contributed by atoms with Crippen LogP contribution in [0.1, 0.15) is 44.0 Å². The summed E-state index contributed by atoms with van der Waals surface area (Å²) < 4.78 is 1.82. The van der Waals surface area contributed by atoms with Crippen LogP contribution in [0.2, 0.25) is 0 Å². The average molecular weight is 329 g/mol. The van der Waals surface area contributed by atoms with Gasteiger partial charge in [-0.1, -0.05) is 0 Å². The van der Waals surface area contributed by atoms with Crippen molar-refractivity contribution in [2.45, 2.75) is 46.2 Å². The van der Waals surface area contributed by atoms with Gasteiger partial charge in [0.25, 0.3) is 0 Å². The molecule has 1 aliphatic heterocycles. The maximum absolute atomic E-state index is 12.0. The lowest BCUT2D eigenvalue weighted by molar-refractivity contribution is -0.129. The minimum Gasteiger partial charge on any atom is -0.381 e.